The van der Waals surface area contributed by atoms with Crippen molar-refractivity contribution in [1.82, 2.24) is 4.98 Å². The summed E-state index contributed by atoms with van der Waals surface area (Å²) < 4.78 is 5.44. The number of aromatic nitrogens is 1. The third kappa shape index (κ3) is 4.16. The van der Waals surface area contributed by atoms with Crippen LogP contribution in [0.1, 0.15) is 23.0 Å². The van der Waals surface area contributed by atoms with Crippen molar-refractivity contribution in [2.24, 2.45) is 0 Å². The van der Waals surface area contributed by atoms with E-state index in [1.165, 1.54) is 12.1 Å². The second kappa shape index (κ2) is 8.12. The molecule has 4 heteroatoms. The lowest BCUT2D eigenvalue weighted by molar-refractivity contribution is 0.104. The minimum Gasteiger partial charge on any atom is -0.507 e. The maximum absolute atomic E-state index is 12.5. The molecule has 2 aromatic carbocycles. The van der Waals surface area contributed by atoms with E-state index in [0.29, 0.717) is 12.3 Å². The summed E-state index contributed by atoms with van der Waals surface area (Å²) in [5.41, 5.74) is 2.73. The molecule has 0 aliphatic carbocycles. The number of phenols is 1. The molecule has 1 heterocycles. The van der Waals surface area contributed by atoms with Crippen LogP contribution in [0.15, 0.2) is 72.9 Å². The average molecular weight is 345 g/mol. The Morgan fingerprint density at radius 1 is 1.08 bits per heavy atom. The number of carbonyl (C=O) groups excluding carboxylic acids is 1. The molecule has 0 bridgehead atoms. The summed E-state index contributed by atoms with van der Waals surface area (Å²) >= 11 is 0. The van der Waals surface area contributed by atoms with E-state index in [-0.39, 0.29) is 17.1 Å². The maximum Gasteiger partial charge on any atom is 0.189 e. The van der Waals surface area contributed by atoms with Gasteiger partial charge in [-0.3, -0.25) is 9.78 Å². The number of rotatable bonds is 6. The van der Waals surface area contributed by atoms with Crippen molar-refractivity contribution in [2.45, 2.75) is 6.92 Å². The number of nitrogens with zero attached hydrogens (tertiary/aromatic N) is 1. The molecule has 0 unspecified atom stereocenters. The lowest BCUT2D eigenvalue weighted by Crippen LogP contribution is -1.96. The molecule has 1 aromatic heterocycles. The predicted octanol–water partition coefficient (Wildman–Crippen LogP) is 4.75. The summed E-state index contributed by atoms with van der Waals surface area (Å²) in [7, 11) is 0. The van der Waals surface area contributed by atoms with Crippen molar-refractivity contribution in [1.29, 1.82) is 0 Å². The zero-order chi connectivity index (χ0) is 18.4. The molecule has 0 fully saturated rings. The lowest BCUT2D eigenvalue weighted by atomic mass is 10.00. The number of aromatic hydroxyl groups is 1. The Bertz CT molecular complexity index is 916. The Hall–Kier alpha value is -3.40. The first-order valence-electron chi connectivity index (χ1n) is 8.37. The Morgan fingerprint density at radius 3 is 2.54 bits per heavy atom. The van der Waals surface area contributed by atoms with E-state index >= 15 is 0 Å². The second-order valence-electron chi connectivity index (χ2n) is 5.64. The normalized spacial score (nSPS) is 10.8. The minimum absolute atomic E-state index is 0.0460. The Morgan fingerprint density at radius 2 is 1.85 bits per heavy atom. The average Bonchev–Trinajstić information content (AvgIpc) is 2.68. The van der Waals surface area contributed by atoms with Crippen LogP contribution in [0.5, 0.6) is 11.5 Å². The monoisotopic (exact) mass is 345 g/mol. The highest BCUT2D eigenvalue weighted by atomic mass is 16.5. The summed E-state index contributed by atoms with van der Waals surface area (Å²) in [5.74, 6) is 0.473. The number of hydrogen-bond acceptors (Lipinski definition) is 4. The van der Waals surface area contributed by atoms with E-state index in [4.69, 9.17) is 4.74 Å². The highest BCUT2D eigenvalue weighted by Crippen LogP contribution is 2.28. The van der Waals surface area contributed by atoms with Crippen molar-refractivity contribution >= 4 is 11.9 Å². The quantitative estimate of drug-likeness (QED) is 0.517. The summed E-state index contributed by atoms with van der Waals surface area (Å²) in [4.78, 5) is 16.6. The zero-order valence-corrected chi connectivity index (χ0v) is 14.4. The first-order valence-corrected chi connectivity index (χ1v) is 8.37. The van der Waals surface area contributed by atoms with Crippen molar-refractivity contribution in [3.63, 3.8) is 0 Å². The van der Waals surface area contributed by atoms with Gasteiger partial charge in [-0.05, 0) is 66.6 Å². The molecule has 0 saturated carbocycles. The molecule has 0 atom stereocenters. The van der Waals surface area contributed by atoms with Gasteiger partial charge in [0.15, 0.2) is 5.78 Å². The van der Waals surface area contributed by atoms with E-state index < -0.39 is 0 Å². The fourth-order valence-electron chi connectivity index (χ4n) is 2.55. The van der Waals surface area contributed by atoms with Crippen LogP contribution in [0.4, 0.5) is 0 Å². The van der Waals surface area contributed by atoms with E-state index in [0.717, 1.165) is 16.9 Å². The number of phenolic OH excluding ortho intramolecular Hbond substituents is 1. The van der Waals surface area contributed by atoms with Gasteiger partial charge < -0.3 is 9.84 Å². The van der Waals surface area contributed by atoms with Crippen LogP contribution in [-0.4, -0.2) is 22.5 Å². The van der Waals surface area contributed by atoms with Crippen molar-refractivity contribution in [3.05, 3.63) is 84.2 Å². The molecule has 3 aromatic rings. The molecule has 130 valence electrons. The molecule has 0 saturated heterocycles. The van der Waals surface area contributed by atoms with Crippen LogP contribution in [0, 0.1) is 0 Å². The Labute approximate surface area is 152 Å². The molecule has 3 rings (SSSR count). The molecule has 1 N–H and O–H groups in total. The third-order valence-electron chi connectivity index (χ3n) is 3.85. The largest absolute Gasteiger partial charge is 0.507 e. The second-order valence-corrected chi connectivity index (χ2v) is 5.64. The first-order chi connectivity index (χ1) is 12.7. The minimum atomic E-state index is -0.277. The van der Waals surface area contributed by atoms with Crippen LogP contribution in [-0.2, 0) is 0 Å². The molecule has 0 amide bonds. The Balaban J connectivity index is 1.85. The van der Waals surface area contributed by atoms with E-state index in [9.17, 15) is 9.90 Å². The van der Waals surface area contributed by atoms with E-state index in [2.05, 4.69) is 4.98 Å². The van der Waals surface area contributed by atoms with Gasteiger partial charge in [0.25, 0.3) is 0 Å². The lowest BCUT2D eigenvalue weighted by Gasteiger charge is -2.08. The standard InChI is InChI=1S/C22H19NO3/c1-2-26-19-10-6-16(7-11-19)17-8-12-21(24)20(15-17)22(25)13-9-18-5-3-4-14-23-18/h3-15,24H,2H2,1H3. The number of ether oxygens (including phenoxy) is 1. The SMILES string of the molecule is CCOc1ccc(-c2ccc(O)c(C(=O)C=Cc3ccccn3)c2)cc1. The van der Waals surface area contributed by atoms with E-state index in [1.54, 1.807) is 30.5 Å². The first kappa shape index (κ1) is 17.4. The molecule has 0 aliphatic heterocycles. The van der Waals surface area contributed by atoms with Gasteiger partial charge in [-0.25, -0.2) is 0 Å². The number of hydrogen-bond donors (Lipinski definition) is 1. The highest BCUT2D eigenvalue weighted by Gasteiger charge is 2.10. The molecule has 26 heavy (non-hydrogen) atoms. The van der Waals surface area contributed by atoms with Crippen LogP contribution < -0.4 is 4.74 Å². The molecule has 0 spiro atoms. The number of ketones is 1. The molecule has 0 radical (unpaired) electrons. The third-order valence-corrected chi connectivity index (χ3v) is 3.85. The number of pyridine rings is 1. The van der Waals surface area contributed by atoms with Gasteiger partial charge in [-0.15, -0.1) is 0 Å². The zero-order valence-electron chi connectivity index (χ0n) is 14.4. The highest BCUT2D eigenvalue weighted by molar-refractivity contribution is 6.09. The van der Waals surface area contributed by atoms with Gasteiger partial charge in [0, 0.05) is 6.20 Å². The molecular formula is C22H19NO3. The van der Waals surface area contributed by atoms with Gasteiger partial charge >= 0.3 is 0 Å². The van der Waals surface area contributed by atoms with Crippen LogP contribution in [0.2, 0.25) is 0 Å². The van der Waals surface area contributed by atoms with Gasteiger partial charge in [0.1, 0.15) is 11.5 Å². The van der Waals surface area contributed by atoms with E-state index in [1.807, 2.05) is 43.3 Å². The van der Waals surface area contributed by atoms with Crippen LogP contribution >= 0.6 is 0 Å². The molecule has 0 aliphatic rings. The number of benzene rings is 2. The fraction of sp³-hybridized carbons (Fsp3) is 0.0909. The Kier molecular flexibility index (Phi) is 5.44. The number of allylic oxidation sites excluding steroid dienone is 1. The topological polar surface area (TPSA) is 59.4 Å². The van der Waals surface area contributed by atoms with Crippen molar-refractivity contribution < 1.29 is 14.6 Å². The van der Waals surface area contributed by atoms with Crippen LogP contribution in [0.3, 0.4) is 0 Å². The summed E-state index contributed by atoms with van der Waals surface area (Å²) in [5, 5.41) is 10.1. The number of carbonyl (C=O) groups is 1. The van der Waals surface area contributed by atoms with Gasteiger partial charge in [-0.1, -0.05) is 24.3 Å². The fourth-order valence-corrected chi connectivity index (χ4v) is 2.55. The smallest absolute Gasteiger partial charge is 0.189 e. The van der Waals surface area contributed by atoms with Crippen molar-refractivity contribution in [3.8, 4) is 22.6 Å². The predicted molar refractivity (Wildman–Crippen MR) is 102 cm³/mol. The molecular weight excluding hydrogens is 326 g/mol. The summed E-state index contributed by atoms with van der Waals surface area (Å²) in [6.45, 7) is 2.55. The molecule has 4 nitrogen and oxygen atoms in total. The van der Waals surface area contributed by atoms with Gasteiger partial charge in [0.05, 0.1) is 17.9 Å². The van der Waals surface area contributed by atoms with Gasteiger partial charge in [0.2, 0.25) is 0 Å². The van der Waals surface area contributed by atoms with Crippen LogP contribution in [0.25, 0.3) is 17.2 Å². The summed E-state index contributed by atoms with van der Waals surface area (Å²) in [6.07, 6.45) is 4.71. The maximum atomic E-state index is 12.5. The summed E-state index contributed by atoms with van der Waals surface area (Å²) in [6, 6.07) is 18.1. The van der Waals surface area contributed by atoms with Crippen molar-refractivity contribution in [2.75, 3.05) is 6.61 Å². The van der Waals surface area contributed by atoms with Gasteiger partial charge in [-0.2, -0.15) is 0 Å².